The zero-order chi connectivity index (χ0) is 16.5. The second kappa shape index (κ2) is 8.10. The van der Waals surface area contributed by atoms with Gasteiger partial charge in [-0.3, -0.25) is 4.99 Å². The molecule has 2 saturated carbocycles. The summed E-state index contributed by atoms with van der Waals surface area (Å²) in [5.41, 5.74) is 0.403. The van der Waals surface area contributed by atoms with Gasteiger partial charge in [-0.1, -0.05) is 20.3 Å². The van der Waals surface area contributed by atoms with Crippen molar-refractivity contribution < 1.29 is 8.42 Å². The first-order chi connectivity index (χ1) is 10.8. The van der Waals surface area contributed by atoms with Gasteiger partial charge < -0.3 is 10.6 Å². The Morgan fingerprint density at radius 2 is 1.83 bits per heavy atom. The highest BCUT2D eigenvalue weighted by molar-refractivity contribution is 14.0. The van der Waals surface area contributed by atoms with E-state index in [0.29, 0.717) is 35.5 Å². The van der Waals surface area contributed by atoms with Gasteiger partial charge in [0.25, 0.3) is 0 Å². The summed E-state index contributed by atoms with van der Waals surface area (Å²) in [5, 5.41) is 7.12. The average Bonchev–Trinajstić information content (AvgIpc) is 3.18. The lowest BCUT2D eigenvalue weighted by Crippen LogP contribution is -2.47. The second-order valence-electron chi connectivity index (χ2n) is 8.48. The standard InChI is InChI=1S/C17H31N3O2S.HI/c1-17(2)8-3-4-15(10-17)20-16(19-14-5-6-14)18-11-13-7-9-23(21,22)12-13;/h13-15H,3-12H2,1-2H3,(H2,18,19,20);1H. The SMILES string of the molecule is CC1(C)CCCC(NC(=NCC2CCS(=O)(=O)C2)NC2CC2)C1.I. The molecule has 0 aromatic carbocycles. The van der Waals surface area contributed by atoms with Crippen LogP contribution in [-0.4, -0.2) is 44.5 Å². The lowest BCUT2D eigenvalue weighted by atomic mass is 9.75. The van der Waals surface area contributed by atoms with Crippen molar-refractivity contribution in [2.24, 2.45) is 16.3 Å². The van der Waals surface area contributed by atoms with Gasteiger partial charge in [-0.25, -0.2) is 8.42 Å². The summed E-state index contributed by atoms with van der Waals surface area (Å²) in [7, 11) is -2.81. The van der Waals surface area contributed by atoms with E-state index in [0.717, 1.165) is 12.4 Å². The Labute approximate surface area is 163 Å². The summed E-state index contributed by atoms with van der Waals surface area (Å²) >= 11 is 0. The molecule has 3 rings (SSSR count). The summed E-state index contributed by atoms with van der Waals surface area (Å²) < 4.78 is 23.2. The van der Waals surface area contributed by atoms with Crippen LogP contribution < -0.4 is 10.6 Å². The zero-order valence-electron chi connectivity index (χ0n) is 14.9. The third kappa shape index (κ3) is 6.35. The van der Waals surface area contributed by atoms with E-state index in [9.17, 15) is 8.42 Å². The molecule has 2 aliphatic carbocycles. The van der Waals surface area contributed by atoms with Crippen LogP contribution in [-0.2, 0) is 9.84 Å². The van der Waals surface area contributed by atoms with E-state index in [2.05, 4.69) is 24.5 Å². The van der Waals surface area contributed by atoms with Crippen molar-refractivity contribution in [3.8, 4) is 0 Å². The normalized spacial score (nSPS) is 32.0. The first-order valence-corrected chi connectivity index (χ1v) is 10.9. The van der Waals surface area contributed by atoms with Crippen LogP contribution in [0.3, 0.4) is 0 Å². The highest BCUT2D eigenvalue weighted by atomic mass is 127. The van der Waals surface area contributed by atoms with Gasteiger partial charge in [0.05, 0.1) is 11.5 Å². The Hall–Kier alpha value is -0.0500. The monoisotopic (exact) mass is 469 g/mol. The quantitative estimate of drug-likeness (QED) is 0.378. The topological polar surface area (TPSA) is 70.6 Å². The molecular weight excluding hydrogens is 437 g/mol. The largest absolute Gasteiger partial charge is 0.354 e. The maximum atomic E-state index is 11.6. The molecule has 2 atom stereocenters. The van der Waals surface area contributed by atoms with E-state index in [-0.39, 0.29) is 29.9 Å². The molecule has 2 N–H and O–H groups in total. The molecule has 2 unspecified atom stereocenters. The number of halogens is 1. The summed E-state index contributed by atoms with van der Waals surface area (Å²) in [5.74, 6) is 1.74. The molecule has 1 aliphatic heterocycles. The van der Waals surface area contributed by atoms with Crippen LogP contribution in [0.5, 0.6) is 0 Å². The van der Waals surface area contributed by atoms with Crippen LogP contribution in [0.1, 0.15) is 58.8 Å². The summed E-state index contributed by atoms with van der Waals surface area (Å²) in [6, 6.07) is 1.04. The molecule has 24 heavy (non-hydrogen) atoms. The van der Waals surface area contributed by atoms with Crippen molar-refractivity contribution in [3.05, 3.63) is 0 Å². The molecule has 0 spiro atoms. The van der Waals surface area contributed by atoms with Crippen LogP contribution >= 0.6 is 24.0 Å². The van der Waals surface area contributed by atoms with Gasteiger partial charge in [0.15, 0.2) is 15.8 Å². The Morgan fingerprint density at radius 1 is 1.12 bits per heavy atom. The van der Waals surface area contributed by atoms with E-state index in [1.807, 2.05) is 0 Å². The third-order valence-electron chi connectivity index (χ3n) is 5.30. The lowest BCUT2D eigenvalue weighted by Gasteiger charge is -2.36. The molecule has 3 aliphatic rings. The smallest absolute Gasteiger partial charge is 0.191 e. The van der Waals surface area contributed by atoms with Crippen molar-refractivity contribution in [2.75, 3.05) is 18.1 Å². The van der Waals surface area contributed by atoms with E-state index < -0.39 is 9.84 Å². The highest BCUT2D eigenvalue weighted by Crippen LogP contribution is 2.35. The molecule has 140 valence electrons. The van der Waals surface area contributed by atoms with Gasteiger partial charge in [0, 0.05) is 18.6 Å². The van der Waals surface area contributed by atoms with Crippen molar-refractivity contribution >= 4 is 39.8 Å². The second-order valence-corrected chi connectivity index (χ2v) is 10.7. The van der Waals surface area contributed by atoms with Gasteiger partial charge >= 0.3 is 0 Å². The minimum absolute atomic E-state index is 0. The first-order valence-electron chi connectivity index (χ1n) is 9.09. The predicted molar refractivity (Wildman–Crippen MR) is 110 cm³/mol. The van der Waals surface area contributed by atoms with E-state index in [4.69, 9.17) is 4.99 Å². The highest BCUT2D eigenvalue weighted by Gasteiger charge is 2.31. The molecule has 0 radical (unpaired) electrons. The first kappa shape index (κ1) is 20.3. The average molecular weight is 469 g/mol. The number of nitrogens with zero attached hydrogens (tertiary/aromatic N) is 1. The predicted octanol–water partition coefficient (Wildman–Crippen LogP) is 2.71. The molecule has 5 nitrogen and oxygen atoms in total. The van der Waals surface area contributed by atoms with Gasteiger partial charge in [-0.05, 0) is 49.9 Å². The van der Waals surface area contributed by atoms with Crippen molar-refractivity contribution in [1.29, 1.82) is 0 Å². The van der Waals surface area contributed by atoms with E-state index >= 15 is 0 Å². The van der Waals surface area contributed by atoms with Gasteiger partial charge in [0.1, 0.15) is 0 Å². The Kier molecular flexibility index (Phi) is 6.84. The van der Waals surface area contributed by atoms with Crippen molar-refractivity contribution in [3.63, 3.8) is 0 Å². The van der Waals surface area contributed by atoms with Crippen LogP contribution in [0, 0.1) is 11.3 Å². The van der Waals surface area contributed by atoms with Crippen molar-refractivity contribution in [1.82, 2.24) is 10.6 Å². The number of hydrogen-bond donors (Lipinski definition) is 2. The fourth-order valence-corrected chi connectivity index (χ4v) is 5.65. The van der Waals surface area contributed by atoms with Crippen LogP contribution in [0.25, 0.3) is 0 Å². The molecule has 1 saturated heterocycles. The van der Waals surface area contributed by atoms with Gasteiger partial charge in [-0.15, -0.1) is 24.0 Å². The summed E-state index contributed by atoms with van der Waals surface area (Å²) in [4.78, 5) is 4.72. The van der Waals surface area contributed by atoms with Gasteiger partial charge in [-0.2, -0.15) is 0 Å². The molecular formula is C17H32IN3O2S. The number of nitrogens with one attached hydrogen (secondary N) is 2. The summed E-state index contributed by atoms with van der Waals surface area (Å²) in [6.45, 7) is 5.31. The van der Waals surface area contributed by atoms with Crippen LogP contribution in [0.15, 0.2) is 4.99 Å². The summed E-state index contributed by atoms with van der Waals surface area (Å²) in [6.07, 6.45) is 8.14. The molecule has 0 amide bonds. The molecule has 7 heteroatoms. The number of guanidine groups is 1. The Morgan fingerprint density at radius 3 is 2.42 bits per heavy atom. The number of rotatable bonds is 4. The van der Waals surface area contributed by atoms with Crippen LogP contribution in [0.2, 0.25) is 0 Å². The number of hydrogen-bond acceptors (Lipinski definition) is 3. The van der Waals surface area contributed by atoms with E-state index in [1.54, 1.807) is 0 Å². The van der Waals surface area contributed by atoms with Crippen molar-refractivity contribution in [2.45, 2.75) is 70.9 Å². The lowest BCUT2D eigenvalue weighted by molar-refractivity contribution is 0.210. The number of aliphatic imine (C=N–C) groups is 1. The molecule has 0 aromatic rings. The fraction of sp³-hybridized carbons (Fsp3) is 0.941. The molecule has 3 fully saturated rings. The zero-order valence-corrected chi connectivity index (χ0v) is 18.0. The maximum absolute atomic E-state index is 11.6. The Balaban J connectivity index is 0.00000208. The van der Waals surface area contributed by atoms with Gasteiger partial charge in [0.2, 0.25) is 0 Å². The Bertz CT molecular complexity index is 558. The molecule has 0 aromatic heterocycles. The molecule has 0 bridgehead atoms. The molecule has 1 heterocycles. The minimum Gasteiger partial charge on any atom is -0.354 e. The fourth-order valence-electron chi connectivity index (χ4n) is 3.81. The maximum Gasteiger partial charge on any atom is 0.191 e. The number of sulfone groups is 1. The van der Waals surface area contributed by atoms with Crippen LogP contribution in [0.4, 0.5) is 0 Å². The minimum atomic E-state index is -2.81. The van der Waals surface area contributed by atoms with E-state index in [1.165, 1.54) is 38.5 Å². The third-order valence-corrected chi connectivity index (χ3v) is 7.14.